The Balaban J connectivity index is 1.64. The van der Waals surface area contributed by atoms with Crippen LogP contribution in [-0.4, -0.2) is 41.8 Å². The van der Waals surface area contributed by atoms with Crippen molar-refractivity contribution in [1.82, 2.24) is 15.0 Å². The normalized spacial score (nSPS) is 16.0. The molecule has 1 aliphatic rings. The van der Waals surface area contributed by atoms with Crippen molar-refractivity contribution in [2.45, 2.75) is 12.5 Å². The van der Waals surface area contributed by atoms with E-state index >= 15 is 0 Å². The van der Waals surface area contributed by atoms with Gasteiger partial charge in [-0.1, -0.05) is 18.2 Å². The van der Waals surface area contributed by atoms with E-state index < -0.39 is 0 Å². The summed E-state index contributed by atoms with van der Waals surface area (Å²) in [5.74, 6) is 1.87. The molecular weight excluding hydrogens is 270 g/mol. The predicted molar refractivity (Wildman–Crippen MR) is 79.0 cm³/mol. The fraction of sp³-hybridized carbons (Fsp3) is 0.357. The van der Waals surface area contributed by atoms with Crippen molar-refractivity contribution >= 4 is 11.9 Å². The van der Waals surface area contributed by atoms with Crippen LogP contribution < -0.4 is 20.1 Å². The van der Waals surface area contributed by atoms with Gasteiger partial charge in [0.25, 0.3) is 0 Å². The van der Waals surface area contributed by atoms with Crippen LogP contribution in [0.15, 0.2) is 24.3 Å². The molecule has 1 atom stereocenters. The molecule has 0 saturated heterocycles. The molecule has 0 saturated carbocycles. The Morgan fingerprint density at radius 1 is 1.24 bits per heavy atom. The smallest absolute Gasteiger partial charge is 0.322 e. The van der Waals surface area contributed by atoms with Crippen LogP contribution in [0.4, 0.5) is 11.9 Å². The lowest BCUT2D eigenvalue weighted by Gasteiger charge is -2.12. The number of para-hydroxylation sites is 1. The van der Waals surface area contributed by atoms with Crippen molar-refractivity contribution in [2.75, 3.05) is 31.3 Å². The van der Waals surface area contributed by atoms with Crippen LogP contribution in [0.3, 0.4) is 0 Å². The molecule has 1 unspecified atom stereocenters. The number of hydrogen-bond acceptors (Lipinski definition) is 7. The zero-order chi connectivity index (χ0) is 14.7. The van der Waals surface area contributed by atoms with Crippen LogP contribution in [-0.2, 0) is 6.42 Å². The summed E-state index contributed by atoms with van der Waals surface area (Å²) < 4.78 is 10.9. The molecule has 110 valence electrons. The van der Waals surface area contributed by atoms with E-state index in [-0.39, 0.29) is 12.1 Å². The minimum Gasteiger partial charge on any atom is -0.488 e. The van der Waals surface area contributed by atoms with E-state index in [2.05, 4.69) is 31.7 Å². The fourth-order valence-electron chi connectivity index (χ4n) is 2.21. The van der Waals surface area contributed by atoms with Gasteiger partial charge in [-0.2, -0.15) is 15.0 Å². The Morgan fingerprint density at radius 2 is 2.05 bits per heavy atom. The van der Waals surface area contributed by atoms with E-state index in [1.807, 2.05) is 18.2 Å². The molecule has 0 amide bonds. The summed E-state index contributed by atoms with van der Waals surface area (Å²) in [4.78, 5) is 12.4. The topological polar surface area (TPSA) is 81.2 Å². The average Bonchev–Trinajstić information content (AvgIpc) is 2.95. The lowest BCUT2D eigenvalue weighted by atomic mass is 10.1. The lowest BCUT2D eigenvalue weighted by Crippen LogP contribution is -2.25. The van der Waals surface area contributed by atoms with Crippen molar-refractivity contribution < 1.29 is 9.47 Å². The number of nitrogens with one attached hydrogen (secondary N) is 2. The number of hydrogen-bond donors (Lipinski definition) is 2. The second-order valence-electron chi connectivity index (χ2n) is 4.65. The first kappa shape index (κ1) is 13.4. The Hall–Kier alpha value is -2.57. The summed E-state index contributed by atoms with van der Waals surface area (Å²) in [6.07, 6.45) is 0.952. The molecule has 0 fully saturated rings. The van der Waals surface area contributed by atoms with Crippen LogP contribution in [0.5, 0.6) is 11.8 Å². The van der Waals surface area contributed by atoms with Gasteiger partial charge in [-0.15, -0.1) is 0 Å². The van der Waals surface area contributed by atoms with Gasteiger partial charge >= 0.3 is 6.01 Å². The van der Waals surface area contributed by atoms with Crippen LogP contribution in [0.2, 0.25) is 0 Å². The monoisotopic (exact) mass is 287 g/mol. The molecule has 7 heteroatoms. The fourth-order valence-corrected chi connectivity index (χ4v) is 2.21. The minimum absolute atomic E-state index is 0.0724. The largest absolute Gasteiger partial charge is 0.488 e. The SMILES string of the molecule is CNc1nc(NCC2Cc3ccccc3O2)nc(OC)n1. The minimum atomic E-state index is 0.0724. The Bertz CT molecular complexity index is 587. The molecule has 0 spiro atoms. The number of methoxy groups -OCH3 is 1. The number of benzene rings is 1. The van der Waals surface area contributed by atoms with Crippen LogP contribution in [0.25, 0.3) is 0 Å². The maximum Gasteiger partial charge on any atom is 0.322 e. The molecule has 0 aliphatic carbocycles. The van der Waals surface area contributed by atoms with Gasteiger partial charge < -0.3 is 20.1 Å². The first-order valence-corrected chi connectivity index (χ1v) is 6.74. The number of rotatable bonds is 5. The Kier molecular flexibility index (Phi) is 3.72. The van der Waals surface area contributed by atoms with Crippen molar-refractivity contribution in [3.63, 3.8) is 0 Å². The van der Waals surface area contributed by atoms with E-state index in [1.54, 1.807) is 7.05 Å². The number of anilines is 2. The highest BCUT2D eigenvalue weighted by Crippen LogP contribution is 2.28. The number of ether oxygens (including phenoxy) is 2. The van der Waals surface area contributed by atoms with E-state index in [0.29, 0.717) is 18.4 Å². The lowest BCUT2D eigenvalue weighted by molar-refractivity contribution is 0.246. The molecule has 2 N–H and O–H groups in total. The highest BCUT2D eigenvalue weighted by Gasteiger charge is 2.22. The summed E-state index contributed by atoms with van der Waals surface area (Å²) in [6.45, 7) is 0.616. The summed E-state index contributed by atoms with van der Waals surface area (Å²) in [7, 11) is 3.27. The maximum absolute atomic E-state index is 5.86. The second kappa shape index (κ2) is 5.82. The number of fused-ring (bicyclic) bond motifs is 1. The highest BCUT2D eigenvalue weighted by molar-refractivity contribution is 5.39. The van der Waals surface area contributed by atoms with Gasteiger partial charge in [-0.05, 0) is 11.6 Å². The third kappa shape index (κ3) is 2.96. The van der Waals surface area contributed by atoms with Crippen LogP contribution in [0.1, 0.15) is 5.56 Å². The first-order valence-electron chi connectivity index (χ1n) is 6.74. The summed E-state index contributed by atoms with van der Waals surface area (Å²) >= 11 is 0. The van der Waals surface area contributed by atoms with Crippen LogP contribution in [0, 0.1) is 0 Å². The van der Waals surface area contributed by atoms with E-state index in [1.165, 1.54) is 12.7 Å². The highest BCUT2D eigenvalue weighted by atomic mass is 16.5. The molecule has 2 aromatic rings. The quantitative estimate of drug-likeness (QED) is 0.858. The standard InChI is InChI=1S/C14H17N5O2/c1-15-12-17-13(19-14(18-12)20-2)16-8-10-7-9-5-3-4-6-11(9)21-10/h3-6,10H,7-8H2,1-2H3,(H2,15,16,17,18,19). The first-order chi connectivity index (χ1) is 10.3. The average molecular weight is 287 g/mol. The summed E-state index contributed by atoms with van der Waals surface area (Å²) in [6, 6.07) is 8.34. The predicted octanol–water partition coefficient (Wildman–Crippen LogP) is 1.34. The molecule has 1 aromatic carbocycles. The van der Waals surface area contributed by atoms with E-state index in [4.69, 9.17) is 9.47 Å². The zero-order valence-electron chi connectivity index (χ0n) is 12.0. The molecule has 1 aromatic heterocycles. The van der Waals surface area contributed by atoms with Gasteiger partial charge in [0.15, 0.2) is 0 Å². The van der Waals surface area contributed by atoms with Gasteiger partial charge in [0.1, 0.15) is 11.9 Å². The van der Waals surface area contributed by atoms with Crippen molar-refractivity contribution in [2.24, 2.45) is 0 Å². The molecule has 2 heterocycles. The molecule has 7 nitrogen and oxygen atoms in total. The van der Waals surface area contributed by atoms with Gasteiger partial charge in [0.2, 0.25) is 11.9 Å². The van der Waals surface area contributed by atoms with E-state index in [0.717, 1.165) is 12.2 Å². The van der Waals surface area contributed by atoms with Gasteiger partial charge in [-0.3, -0.25) is 0 Å². The third-order valence-electron chi connectivity index (χ3n) is 3.22. The van der Waals surface area contributed by atoms with Crippen molar-refractivity contribution in [1.29, 1.82) is 0 Å². The van der Waals surface area contributed by atoms with Gasteiger partial charge in [0.05, 0.1) is 13.7 Å². The number of nitrogens with zero attached hydrogens (tertiary/aromatic N) is 3. The summed E-state index contributed by atoms with van der Waals surface area (Å²) in [5.41, 5.74) is 1.23. The van der Waals surface area contributed by atoms with Gasteiger partial charge in [0, 0.05) is 13.5 Å². The van der Waals surface area contributed by atoms with Crippen molar-refractivity contribution in [3.8, 4) is 11.8 Å². The third-order valence-corrected chi connectivity index (χ3v) is 3.22. The molecule has 1 aliphatic heterocycles. The molecule has 3 rings (SSSR count). The molecule has 21 heavy (non-hydrogen) atoms. The molecule has 0 radical (unpaired) electrons. The Labute approximate surface area is 122 Å². The van der Waals surface area contributed by atoms with Gasteiger partial charge in [-0.25, -0.2) is 0 Å². The number of aromatic nitrogens is 3. The summed E-state index contributed by atoms with van der Waals surface area (Å²) in [5, 5.41) is 6.03. The van der Waals surface area contributed by atoms with E-state index in [9.17, 15) is 0 Å². The Morgan fingerprint density at radius 3 is 2.81 bits per heavy atom. The zero-order valence-corrected chi connectivity index (χ0v) is 12.0. The molecule has 0 bridgehead atoms. The molecular formula is C14H17N5O2. The van der Waals surface area contributed by atoms with Crippen LogP contribution >= 0.6 is 0 Å². The maximum atomic E-state index is 5.86. The second-order valence-corrected chi connectivity index (χ2v) is 4.65. The van der Waals surface area contributed by atoms with Crippen molar-refractivity contribution in [3.05, 3.63) is 29.8 Å².